The molecule has 0 nitrogen and oxygen atoms in total. The fourth-order valence-corrected chi connectivity index (χ4v) is 1.32. The normalized spacial score (nSPS) is 14.3. The van der Waals surface area contributed by atoms with E-state index in [1.807, 2.05) is 11.8 Å². The molecule has 1 heteroatoms. The van der Waals surface area contributed by atoms with Gasteiger partial charge in [-0.1, -0.05) is 27.7 Å². The highest BCUT2D eigenvalue weighted by atomic mass is 32.2. The van der Waals surface area contributed by atoms with Gasteiger partial charge < -0.3 is 0 Å². The van der Waals surface area contributed by atoms with Crippen LogP contribution in [0.4, 0.5) is 0 Å². The number of thioether (sulfide) groups is 1. The molecule has 0 aromatic rings. The maximum absolute atomic E-state index is 2.26. The summed E-state index contributed by atoms with van der Waals surface area (Å²) in [6.45, 7) is 8.88. The average molecular weight is 145 g/mol. The van der Waals surface area contributed by atoms with Crippen LogP contribution in [0.25, 0.3) is 0 Å². The molecule has 0 heterocycles. The first-order valence-corrected chi connectivity index (χ1v) is 4.62. The fourth-order valence-electron chi connectivity index (χ4n) is 0.440. The van der Waals surface area contributed by atoms with Gasteiger partial charge in [-0.15, -0.1) is 0 Å². The molecular formula is C8H17S. The smallest absolute Gasteiger partial charge is 0.00473 e. The third-order valence-corrected chi connectivity index (χ3v) is 2.82. The van der Waals surface area contributed by atoms with Crippen LogP contribution in [-0.4, -0.2) is 11.0 Å². The van der Waals surface area contributed by atoms with Crippen molar-refractivity contribution in [2.45, 2.75) is 32.9 Å². The lowest BCUT2D eigenvalue weighted by atomic mass is 10.3. The molecule has 0 spiro atoms. The van der Waals surface area contributed by atoms with Gasteiger partial charge in [-0.25, -0.2) is 0 Å². The Morgan fingerprint density at radius 3 is 2.22 bits per heavy atom. The topological polar surface area (TPSA) is 0 Å². The zero-order valence-electron chi connectivity index (χ0n) is 6.85. The third kappa shape index (κ3) is 6.23. The van der Waals surface area contributed by atoms with Gasteiger partial charge in [0.2, 0.25) is 0 Å². The van der Waals surface area contributed by atoms with E-state index in [1.54, 1.807) is 0 Å². The Balaban J connectivity index is 3.06. The molecule has 0 aliphatic carbocycles. The first-order valence-electron chi connectivity index (χ1n) is 3.58. The molecule has 0 fully saturated rings. The summed E-state index contributed by atoms with van der Waals surface area (Å²) in [6.07, 6.45) is 2.24. The van der Waals surface area contributed by atoms with E-state index in [4.69, 9.17) is 0 Å². The van der Waals surface area contributed by atoms with Crippen molar-refractivity contribution in [3.63, 3.8) is 0 Å². The van der Waals surface area contributed by atoms with Crippen LogP contribution in [0.3, 0.4) is 0 Å². The lowest BCUT2D eigenvalue weighted by Crippen LogP contribution is -1.99. The van der Waals surface area contributed by atoms with E-state index in [-0.39, 0.29) is 0 Å². The first-order chi connectivity index (χ1) is 4.16. The van der Waals surface area contributed by atoms with Gasteiger partial charge in [-0.05, 0) is 18.1 Å². The molecule has 0 aliphatic heterocycles. The largest absolute Gasteiger partial charge is 0.158 e. The van der Waals surface area contributed by atoms with Gasteiger partial charge in [-0.3, -0.25) is 0 Å². The van der Waals surface area contributed by atoms with Crippen LogP contribution in [0.1, 0.15) is 27.7 Å². The van der Waals surface area contributed by atoms with Gasteiger partial charge in [0.25, 0.3) is 0 Å². The lowest BCUT2D eigenvalue weighted by molar-refractivity contribution is 0.748. The molecule has 0 amide bonds. The molecule has 0 aliphatic rings. The average Bonchev–Trinajstić information content (AvgIpc) is 1.83. The fraction of sp³-hybridized carbons (Fsp3) is 0.875. The zero-order valence-corrected chi connectivity index (χ0v) is 7.66. The minimum atomic E-state index is 0.729. The summed E-state index contributed by atoms with van der Waals surface area (Å²) < 4.78 is 0. The van der Waals surface area contributed by atoms with Gasteiger partial charge in [0, 0.05) is 5.25 Å². The van der Waals surface area contributed by atoms with Crippen molar-refractivity contribution in [3.8, 4) is 0 Å². The van der Waals surface area contributed by atoms with Crippen molar-refractivity contribution in [1.29, 1.82) is 0 Å². The maximum Gasteiger partial charge on any atom is 0.00473 e. The van der Waals surface area contributed by atoms with E-state index in [0.717, 1.165) is 11.2 Å². The van der Waals surface area contributed by atoms with E-state index in [0.29, 0.717) is 0 Å². The van der Waals surface area contributed by atoms with E-state index < -0.39 is 0 Å². The second-order valence-electron chi connectivity index (χ2n) is 2.77. The summed E-state index contributed by atoms with van der Waals surface area (Å²) in [5.74, 6) is 2.11. The number of rotatable bonds is 4. The molecular weight excluding hydrogens is 128 g/mol. The molecule has 1 unspecified atom stereocenters. The summed E-state index contributed by atoms with van der Waals surface area (Å²) in [4.78, 5) is 0. The molecule has 0 aromatic carbocycles. The van der Waals surface area contributed by atoms with Crippen molar-refractivity contribution in [2.75, 3.05) is 5.75 Å². The molecule has 55 valence electrons. The van der Waals surface area contributed by atoms with Gasteiger partial charge in [0.1, 0.15) is 0 Å². The van der Waals surface area contributed by atoms with Crippen molar-refractivity contribution >= 4 is 11.8 Å². The van der Waals surface area contributed by atoms with Crippen LogP contribution >= 0.6 is 11.8 Å². The molecule has 0 aromatic heterocycles. The van der Waals surface area contributed by atoms with Crippen LogP contribution in [0.15, 0.2) is 0 Å². The second kappa shape index (κ2) is 5.16. The Labute approximate surface area is 63.4 Å². The minimum absolute atomic E-state index is 0.729. The maximum atomic E-state index is 2.26. The van der Waals surface area contributed by atoms with Crippen LogP contribution in [-0.2, 0) is 0 Å². The monoisotopic (exact) mass is 145 g/mol. The highest BCUT2D eigenvalue weighted by Crippen LogP contribution is 2.15. The molecule has 1 atom stereocenters. The standard InChI is InChI=1S/C8H17S/c1-5-8(4)9-6-7(2)3/h5,7-8H,6H2,1-4H3. The number of hydrogen-bond donors (Lipinski definition) is 0. The molecule has 1 radical (unpaired) electrons. The van der Waals surface area contributed by atoms with Gasteiger partial charge in [0.15, 0.2) is 0 Å². The van der Waals surface area contributed by atoms with Crippen LogP contribution in [0.2, 0.25) is 0 Å². The van der Waals surface area contributed by atoms with Gasteiger partial charge in [-0.2, -0.15) is 11.8 Å². The lowest BCUT2D eigenvalue weighted by Gasteiger charge is -2.08. The second-order valence-corrected chi connectivity index (χ2v) is 4.18. The van der Waals surface area contributed by atoms with Crippen molar-refractivity contribution < 1.29 is 0 Å². The highest BCUT2D eigenvalue weighted by Gasteiger charge is 1.99. The SMILES string of the molecule is C[CH]C(C)SCC(C)C. The summed E-state index contributed by atoms with van der Waals surface area (Å²) in [5, 5.41) is 0.729. The summed E-state index contributed by atoms with van der Waals surface area (Å²) in [5.41, 5.74) is 0. The molecule has 0 saturated carbocycles. The van der Waals surface area contributed by atoms with Crippen LogP contribution < -0.4 is 0 Å². The van der Waals surface area contributed by atoms with Crippen molar-refractivity contribution in [2.24, 2.45) is 5.92 Å². The molecule has 0 bridgehead atoms. The third-order valence-electron chi connectivity index (χ3n) is 1.16. The summed E-state index contributed by atoms with van der Waals surface area (Å²) in [7, 11) is 0. The quantitative estimate of drug-likeness (QED) is 0.586. The van der Waals surface area contributed by atoms with E-state index in [9.17, 15) is 0 Å². The van der Waals surface area contributed by atoms with Gasteiger partial charge in [0.05, 0.1) is 0 Å². The predicted octanol–water partition coefficient (Wildman–Crippen LogP) is 2.99. The summed E-state index contributed by atoms with van der Waals surface area (Å²) >= 11 is 2.03. The first kappa shape index (κ1) is 9.35. The Kier molecular flexibility index (Phi) is 5.36. The van der Waals surface area contributed by atoms with Crippen molar-refractivity contribution in [3.05, 3.63) is 6.42 Å². The number of hydrogen-bond acceptors (Lipinski definition) is 1. The minimum Gasteiger partial charge on any atom is -0.158 e. The highest BCUT2D eigenvalue weighted by molar-refractivity contribution is 8.00. The summed E-state index contributed by atoms with van der Waals surface area (Å²) in [6, 6.07) is 0. The Morgan fingerprint density at radius 1 is 1.33 bits per heavy atom. The van der Waals surface area contributed by atoms with Gasteiger partial charge >= 0.3 is 0 Å². The Bertz CT molecular complexity index is 59.6. The predicted molar refractivity (Wildman–Crippen MR) is 46.7 cm³/mol. The molecule has 0 N–H and O–H groups in total. The van der Waals surface area contributed by atoms with Crippen LogP contribution in [0.5, 0.6) is 0 Å². The van der Waals surface area contributed by atoms with Crippen molar-refractivity contribution in [1.82, 2.24) is 0 Å². The van der Waals surface area contributed by atoms with Crippen LogP contribution in [0, 0.1) is 12.3 Å². The van der Waals surface area contributed by atoms with E-state index >= 15 is 0 Å². The Morgan fingerprint density at radius 2 is 1.89 bits per heavy atom. The molecule has 9 heavy (non-hydrogen) atoms. The molecule has 0 saturated heterocycles. The van der Waals surface area contributed by atoms with E-state index in [2.05, 4.69) is 34.1 Å². The zero-order chi connectivity index (χ0) is 7.28. The molecule has 0 rings (SSSR count). The Hall–Kier alpha value is 0.350. The van der Waals surface area contributed by atoms with E-state index in [1.165, 1.54) is 5.75 Å².